The van der Waals surface area contributed by atoms with Gasteiger partial charge < -0.3 is 9.64 Å². The Morgan fingerprint density at radius 3 is 2.47 bits per heavy atom. The monoisotopic (exact) mass is 454 g/mol. The molecule has 32 heavy (non-hydrogen) atoms. The number of carbonyl (C=O) groups is 2. The van der Waals surface area contributed by atoms with Crippen molar-refractivity contribution in [1.29, 1.82) is 5.26 Å². The number of fused-ring (bicyclic) bond motifs is 1. The largest absolute Gasteiger partial charge is 0.479 e. The van der Waals surface area contributed by atoms with E-state index in [1.54, 1.807) is 48.2 Å². The number of rotatable bonds is 4. The van der Waals surface area contributed by atoms with Gasteiger partial charge in [0, 0.05) is 26.2 Å². The molecule has 4 rings (SSSR count). The predicted octanol–water partition coefficient (Wildman–Crippen LogP) is 1.21. The Morgan fingerprint density at radius 2 is 1.75 bits per heavy atom. The maximum atomic E-state index is 13.0. The Kier molecular flexibility index (Phi) is 5.86. The van der Waals surface area contributed by atoms with Gasteiger partial charge in [0.25, 0.3) is 5.91 Å². The summed E-state index contributed by atoms with van der Waals surface area (Å²) in [7, 11) is -3.85. The molecule has 0 N–H and O–H groups in total. The first kappa shape index (κ1) is 21.8. The number of piperazine rings is 1. The van der Waals surface area contributed by atoms with Gasteiger partial charge in [0.1, 0.15) is 18.4 Å². The topological polar surface area (TPSA) is 111 Å². The van der Waals surface area contributed by atoms with Crippen molar-refractivity contribution in [3.05, 3.63) is 54.1 Å². The average molecular weight is 455 g/mol. The van der Waals surface area contributed by atoms with E-state index in [1.807, 2.05) is 6.07 Å². The zero-order chi connectivity index (χ0) is 22.9. The van der Waals surface area contributed by atoms with Crippen molar-refractivity contribution >= 4 is 27.5 Å². The number of benzene rings is 2. The van der Waals surface area contributed by atoms with Gasteiger partial charge in [0.15, 0.2) is 6.10 Å². The van der Waals surface area contributed by atoms with Gasteiger partial charge in [-0.1, -0.05) is 24.3 Å². The summed E-state index contributed by atoms with van der Waals surface area (Å²) in [5.41, 5.74) is 0.628. The Bertz CT molecular complexity index is 1200. The summed E-state index contributed by atoms with van der Waals surface area (Å²) in [6.07, 6.45) is -0.695. The van der Waals surface area contributed by atoms with E-state index in [9.17, 15) is 23.3 Å². The molecule has 10 heteroatoms. The summed E-state index contributed by atoms with van der Waals surface area (Å²) >= 11 is 0. The second kappa shape index (κ2) is 8.61. The molecule has 0 saturated carbocycles. The van der Waals surface area contributed by atoms with Crippen molar-refractivity contribution in [2.75, 3.05) is 37.6 Å². The Hall–Kier alpha value is -3.42. The van der Waals surface area contributed by atoms with Crippen LogP contribution in [-0.2, 0) is 19.6 Å². The lowest BCUT2D eigenvalue weighted by Crippen LogP contribution is -2.54. The summed E-state index contributed by atoms with van der Waals surface area (Å²) in [5.74, 6) is -0.0254. The number of ether oxygens (including phenoxy) is 1. The molecule has 2 heterocycles. The second-order valence-electron chi connectivity index (χ2n) is 7.55. The normalized spacial score (nSPS) is 19.1. The van der Waals surface area contributed by atoms with E-state index in [4.69, 9.17) is 4.74 Å². The molecule has 0 aromatic heterocycles. The van der Waals surface area contributed by atoms with E-state index in [1.165, 1.54) is 21.3 Å². The molecule has 1 unspecified atom stereocenters. The SMILES string of the molecule is CC1Oc2ccccc2N(CC(=O)N2CCN(S(=O)(=O)c3ccccc3C#N)CC2)C1=O. The molecule has 2 aliphatic heterocycles. The third-order valence-corrected chi connectivity index (χ3v) is 7.54. The maximum absolute atomic E-state index is 13.0. The maximum Gasteiger partial charge on any atom is 0.268 e. The van der Waals surface area contributed by atoms with Crippen LogP contribution in [0, 0.1) is 11.3 Å². The van der Waals surface area contributed by atoms with Gasteiger partial charge in [-0.05, 0) is 31.2 Å². The minimum atomic E-state index is -3.85. The first-order valence-electron chi connectivity index (χ1n) is 10.2. The molecule has 0 spiro atoms. The number of sulfonamides is 1. The Balaban J connectivity index is 1.44. The highest BCUT2D eigenvalue weighted by Gasteiger charge is 2.35. The summed E-state index contributed by atoms with van der Waals surface area (Å²) in [6, 6.07) is 15.0. The summed E-state index contributed by atoms with van der Waals surface area (Å²) < 4.78 is 32.8. The lowest BCUT2D eigenvalue weighted by Gasteiger charge is -2.37. The quantitative estimate of drug-likeness (QED) is 0.687. The van der Waals surface area contributed by atoms with Crippen LogP contribution in [0.25, 0.3) is 0 Å². The fourth-order valence-electron chi connectivity index (χ4n) is 3.86. The second-order valence-corrected chi connectivity index (χ2v) is 9.45. The molecule has 0 radical (unpaired) electrons. The van der Waals surface area contributed by atoms with Crippen LogP contribution in [0.2, 0.25) is 0 Å². The van der Waals surface area contributed by atoms with Crippen LogP contribution < -0.4 is 9.64 Å². The average Bonchev–Trinajstić information content (AvgIpc) is 2.82. The van der Waals surface area contributed by atoms with Crippen LogP contribution >= 0.6 is 0 Å². The molecular formula is C22H22N4O5S. The van der Waals surface area contributed by atoms with Crippen LogP contribution in [0.1, 0.15) is 12.5 Å². The number of nitriles is 1. The fraction of sp³-hybridized carbons (Fsp3) is 0.318. The summed E-state index contributed by atoms with van der Waals surface area (Å²) in [5, 5.41) is 9.23. The minimum absolute atomic E-state index is 0.0354. The van der Waals surface area contributed by atoms with Crippen LogP contribution in [0.5, 0.6) is 5.75 Å². The number of hydrogen-bond acceptors (Lipinski definition) is 6. The van der Waals surface area contributed by atoms with E-state index >= 15 is 0 Å². The highest BCUT2D eigenvalue weighted by Crippen LogP contribution is 2.33. The number of anilines is 1. The van der Waals surface area contributed by atoms with Crippen LogP contribution in [-0.4, -0.2) is 68.3 Å². The summed E-state index contributed by atoms with van der Waals surface area (Å²) in [4.78, 5) is 28.5. The van der Waals surface area contributed by atoms with Crippen molar-refractivity contribution in [2.45, 2.75) is 17.9 Å². The third kappa shape index (κ3) is 3.92. The highest BCUT2D eigenvalue weighted by atomic mass is 32.2. The molecule has 2 aromatic carbocycles. The number of para-hydroxylation sites is 2. The van der Waals surface area contributed by atoms with Gasteiger partial charge in [-0.2, -0.15) is 9.57 Å². The Labute approximate surface area is 186 Å². The lowest BCUT2D eigenvalue weighted by atomic mass is 10.2. The minimum Gasteiger partial charge on any atom is -0.479 e. The highest BCUT2D eigenvalue weighted by molar-refractivity contribution is 7.89. The molecule has 1 atom stereocenters. The molecule has 2 aromatic rings. The number of amides is 2. The zero-order valence-corrected chi connectivity index (χ0v) is 18.3. The zero-order valence-electron chi connectivity index (χ0n) is 17.5. The van der Waals surface area contributed by atoms with E-state index in [-0.39, 0.29) is 55.0 Å². The van der Waals surface area contributed by atoms with Gasteiger partial charge >= 0.3 is 0 Å². The summed E-state index contributed by atoms with van der Waals surface area (Å²) in [6.45, 7) is 2.10. The molecular weight excluding hydrogens is 432 g/mol. The number of carbonyl (C=O) groups excluding carboxylic acids is 2. The van der Waals surface area contributed by atoms with E-state index in [0.29, 0.717) is 11.4 Å². The predicted molar refractivity (Wildman–Crippen MR) is 115 cm³/mol. The van der Waals surface area contributed by atoms with Crippen molar-refractivity contribution in [1.82, 2.24) is 9.21 Å². The lowest BCUT2D eigenvalue weighted by molar-refractivity contribution is -0.134. The molecule has 9 nitrogen and oxygen atoms in total. The van der Waals surface area contributed by atoms with Gasteiger partial charge in [0.2, 0.25) is 15.9 Å². The smallest absolute Gasteiger partial charge is 0.268 e. The van der Waals surface area contributed by atoms with Crippen molar-refractivity contribution in [2.24, 2.45) is 0 Å². The van der Waals surface area contributed by atoms with Gasteiger partial charge in [-0.15, -0.1) is 0 Å². The first-order valence-corrected chi connectivity index (χ1v) is 11.6. The molecule has 1 fully saturated rings. The van der Waals surface area contributed by atoms with Gasteiger partial charge in [0.05, 0.1) is 16.1 Å². The van der Waals surface area contributed by atoms with Crippen LogP contribution in [0.4, 0.5) is 5.69 Å². The van der Waals surface area contributed by atoms with Gasteiger partial charge in [-0.25, -0.2) is 8.42 Å². The molecule has 166 valence electrons. The third-order valence-electron chi connectivity index (χ3n) is 5.58. The van der Waals surface area contributed by atoms with Crippen LogP contribution in [0.15, 0.2) is 53.4 Å². The van der Waals surface area contributed by atoms with Crippen LogP contribution in [0.3, 0.4) is 0 Å². The number of hydrogen-bond donors (Lipinski definition) is 0. The van der Waals surface area contributed by atoms with Gasteiger partial charge in [-0.3, -0.25) is 14.5 Å². The molecule has 0 aliphatic carbocycles. The molecule has 0 bridgehead atoms. The van der Waals surface area contributed by atoms with E-state index in [0.717, 1.165) is 0 Å². The van der Waals surface area contributed by atoms with Crippen molar-refractivity contribution < 1.29 is 22.7 Å². The fourth-order valence-corrected chi connectivity index (χ4v) is 5.42. The number of nitrogens with zero attached hydrogens (tertiary/aromatic N) is 4. The standard InChI is InChI=1S/C22H22N4O5S/c1-16-22(28)26(18-7-3-4-8-19(18)31-16)15-21(27)24-10-12-25(13-11-24)32(29,30)20-9-5-2-6-17(20)14-23/h2-9,16H,10-13,15H2,1H3. The van der Waals surface area contributed by atoms with Crippen molar-refractivity contribution in [3.8, 4) is 11.8 Å². The van der Waals surface area contributed by atoms with E-state index < -0.39 is 16.1 Å². The molecule has 1 saturated heterocycles. The molecule has 2 amide bonds. The molecule has 2 aliphatic rings. The van der Waals surface area contributed by atoms with E-state index in [2.05, 4.69) is 0 Å². The Morgan fingerprint density at radius 1 is 1.09 bits per heavy atom. The van der Waals surface area contributed by atoms with Crippen molar-refractivity contribution in [3.63, 3.8) is 0 Å². The first-order chi connectivity index (χ1) is 15.3.